The van der Waals surface area contributed by atoms with Gasteiger partial charge in [0.25, 0.3) is 11.8 Å². The van der Waals surface area contributed by atoms with Crippen LogP contribution >= 0.6 is 0 Å². The minimum Gasteiger partial charge on any atom is -0.308 e. The Hall–Kier alpha value is -3.90. The van der Waals surface area contributed by atoms with E-state index in [1.165, 1.54) is 17.0 Å². The summed E-state index contributed by atoms with van der Waals surface area (Å²) in [5, 5.41) is 3.11. The fraction of sp³-hybridized carbons (Fsp3) is 0.148. The number of benzene rings is 4. The molecule has 0 aromatic heterocycles. The van der Waals surface area contributed by atoms with Crippen LogP contribution in [0.5, 0.6) is 0 Å². The molecule has 6 heteroatoms. The molecule has 0 saturated carbocycles. The SMILES string of the molecule is CN(C)CCN1C(=O)c2cccc3cc4cccc(N=Cc5ccc(F)cc5)c4c(c23)C1=O. The molecule has 0 N–H and O–H groups in total. The third kappa shape index (κ3) is 3.68. The van der Waals surface area contributed by atoms with Crippen molar-refractivity contribution in [3.63, 3.8) is 0 Å². The van der Waals surface area contributed by atoms with Gasteiger partial charge in [0, 0.05) is 35.6 Å². The van der Waals surface area contributed by atoms with Gasteiger partial charge in [-0.05, 0) is 60.8 Å². The zero-order valence-electron chi connectivity index (χ0n) is 18.4. The van der Waals surface area contributed by atoms with Gasteiger partial charge < -0.3 is 4.90 Å². The number of rotatable bonds is 5. The Labute approximate surface area is 190 Å². The third-order valence-electron chi connectivity index (χ3n) is 5.91. The highest BCUT2D eigenvalue weighted by Gasteiger charge is 2.34. The molecule has 164 valence electrons. The number of likely N-dealkylation sites (N-methyl/N-ethyl adjacent to an activating group) is 1. The normalized spacial score (nSPS) is 13.8. The zero-order valence-corrected chi connectivity index (χ0v) is 18.4. The summed E-state index contributed by atoms with van der Waals surface area (Å²) in [6.07, 6.45) is 1.65. The summed E-state index contributed by atoms with van der Waals surface area (Å²) in [5.41, 5.74) is 2.40. The molecule has 1 aliphatic rings. The Balaban J connectivity index is 1.73. The molecule has 0 atom stereocenters. The van der Waals surface area contributed by atoms with E-state index >= 15 is 0 Å². The fourth-order valence-corrected chi connectivity index (χ4v) is 4.28. The van der Waals surface area contributed by atoms with E-state index in [1.54, 1.807) is 24.4 Å². The number of halogens is 1. The molecule has 5 nitrogen and oxygen atoms in total. The van der Waals surface area contributed by atoms with Gasteiger partial charge in [0.2, 0.25) is 0 Å². The van der Waals surface area contributed by atoms with Gasteiger partial charge in [0.1, 0.15) is 5.82 Å². The van der Waals surface area contributed by atoms with Crippen LogP contribution in [-0.4, -0.2) is 55.0 Å². The van der Waals surface area contributed by atoms with Crippen molar-refractivity contribution in [2.24, 2.45) is 4.99 Å². The maximum Gasteiger partial charge on any atom is 0.262 e. The summed E-state index contributed by atoms with van der Waals surface area (Å²) in [7, 11) is 3.82. The summed E-state index contributed by atoms with van der Waals surface area (Å²) in [4.78, 5) is 34.8. The van der Waals surface area contributed by atoms with Gasteiger partial charge >= 0.3 is 0 Å². The average Bonchev–Trinajstić information content (AvgIpc) is 2.80. The van der Waals surface area contributed by atoms with Crippen molar-refractivity contribution < 1.29 is 14.0 Å². The van der Waals surface area contributed by atoms with Gasteiger partial charge in [-0.25, -0.2) is 4.39 Å². The predicted octanol–water partition coefficient (Wildman–Crippen LogP) is 5.04. The topological polar surface area (TPSA) is 53.0 Å². The lowest BCUT2D eigenvalue weighted by Gasteiger charge is -2.29. The van der Waals surface area contributed by atoms with Gasteiger partial charge in [-0.3, -0.25) is 19.5 Å². The lowest BCUT2D eigenvalue weighted by molar-refractivity contribution is 0.0602. The quantitative estimate of drug-likeness (QED) is 0.249. The maximum atomic E-state index is 13.7. The van der Waals surface area contributed by atoms with Gasteiger partial charge in [-0.2, -0.15) is 0 Å². The molecular weight excluding hydrogens is 417 g/mol. The monoisotopic (exact) mass is 439 g/mol. The molecule has 1 heterocycles. The average molecular weight is 439 g/mol. The number of hydrogen-bond acceptors (Lipinski definition) is 4. The molecular formula is C27H22FN3O2. The second-order valence-electron chi connectivity index (χ2n) is 8.41. The zero-order chi connectivity index (χ0) is 23.1. The Kier molecular flexibility index (Phi) is 5.23. The molecule has 33 heavy (non-hydrogen) atoms. The van der Waals surface area contributed by atoms with Gasteiger partial charge in [-0.15, -0.1) is 0 Å². The van der Waals surface area contributed by atoms with Crippen molar-refractivity contribution in [2.45, 2.75) is 0 Å². The van der Waals surface area contributed by atoms with E-state index in [-0.39, 0.29) is 17.6 Å². The van der Waals surface area contributed by atoms with Crippen LogP contribution in [0.3, 0.4) is 0 Å². The molecule has 0 radical (unpaired) electrons. The lowest BCUT2D eigenvalue weighted by Crippen LogP contribution is -2.43. The first-order chi connectivity index (χ1) is 15.9. The summed E-state index contributed by atoms with van der Waals surface area (Å²) < 4.78 is 13.3. The molecule has 0 spiro atoms. The number of imide groups is 1. The van der Waals surface area contributed by atoms with E-state index in [1.807, 2.05) is 55.4 Å². The van der Waals surface area contributed by atoms with Crippen molar-refractivity contribution in [3.8, 4) is 0 Å². The Bertz CT molecular complexity index is 1440. The van der Waals surface area contributed by atoms with Gasteiger partial charge in [0.15, 0.2) is 0 Å². The Morgan fingerprint density at radius 2 is 1.61 bits per heavy atom. The molecule has 0 bridgehead atoms. The van der Waals surface area contributed by atoms with E-state index in [2.05, 4.69) is 4.99 Å². The van der Waals surface area contributed by atoms with Crippen LogP contribution in [0.15, 0.2) is 71.7 Å². The lowest BCUT2D eigenvalue weighted by atomic mass is 9.89. The fourth-order valence-electron chi connectivity index (χ4n) is 4.28. The van der Waals surface area contributed by atoms with Crippen LogP contribution in [-0.2, 0) is 0 Å². The molecule has 0 fully saturated rings. The first-order valence-corrected chi connectivity index (χ1v) is 10.7. The van der Waals surface area contributed by atoms with Crippen LogP contribution in [0.1, 0.15) is 26.3 Å². The number of carbonyl (C=O) groups is 2. The second kappa shape index (κ2) is 8.22. The van der Waals surface area contributed by atoms with Crippen LogP contribution in [0.4, 0.5) is 10.1 Å². The van der Waals surface area contributed by atoms with E-state index < -0.39 is 0 Å². The van der Waals surface area contributed by atoms with E-state index in [4.69, 9.17) is 0 Å². The summed E-state index contributed by atoms with van der Waals surface area (Å²) in [6.45, 7) is 0.876. The van der Waals surface area contributed by atoms with Crippen LogP contribution in [0, 0.1) is 5.82 Å². The largest absolute Gasteiger partial charge is 0.308 e. The predicted molar refractivity (Wildman–Crippen MR) is 129 cm³/mol. The Morgan fingerprint density at radius 3 is 2.33 bits per heavy atom. The minimum atomic E-state index is -0.311. The highest BCUT2D eigenvalue weighted by Crippen LogP contribution is 2.39. The van der Waals surface area contributed by atoms with Gasteiger partial charge in [-0.1, -0.05) is 36.4 Å². The molecule has 0 aliphatic carbocycles. The molecule has 0 unspecified atom stereocenters. The van der Waals surface area contributed by atoms with Crippen LogP contribution in [0.2, 0.25) is 0 Å². The van der Waals surface area contributed by atoms with Gasteiger partial charge in [0.05, 0.1) is 11.3 Å². The van der Waals surface area contributed by atoms with Crippen molar-refractivity contribution in [1.82, 2.24) is 9.80 Å². The Morgan fingerprint density at radius 1 is 0.909 bits per heavy atom. The maximum absolute atomic E-state index is 13.7. The van der Waals surface area contributed by atoms with Crippen molar-refractivity contribution >= 4 is 45.3 Å². The highest BCUT2D eigenvalue weighted by atomic mass is 19.1. The first-order valence-electron chi connectivity index (χ1n) is 10.7. The first kappa shape index (κ1) is 21.0. The molecule has 5 rings (SSSR count). The summed E-state index contributed by atoms with van der Waals surface area (Å²) in [5.74, 6) is -0.888. The standard InChI is InChI=1S/C27H22FN3O2/c1-30(2)13-14-31-26(32)21-7-3-5-18-15-19-6-4-8-22(24(19)25(23(18)21)27(31)33)29-16-17-9-11-20(28)12-10-17/h3-12,15-16H,13-14H2,1-2H3. The van der Waals surface area contributed by atoms with E-state index in [0.29, 0.717) is 40.7 Å². The van der Waals surface area contributed by atoms with E-state index in [0.717, 1.165) is 16.3 Å². The smallest absolute Gasteiger partial charge is 0.262 e. The number of nitrogens with zero attached hydrogens (tertiary/aromatic N) is 3. The summed E-state index contributed by atoms with van der Waals surface area (Å²) >= 11 is 0. The highest BCUT2D eigenvalue weighted by molar-refractivity contribution is 6.31. The molecule has 0 saturated heterocycles. The second-order valence-corrected chi connectivity index (χ2v) is 8.41. The third-order valence-corrected chi connectivity index (χ3v) is 5.91. The van der Waals surface area contributed by atoms with Crippen molar-refractivity contribution in [3.05, 3.63) is 89.2 Å². The van der Waals surface area contributed by atoms with Crippen LogP contribution < -0.4 is 0 Å². The number of aliphatic imine (C=N–C) groups is 1. The van der Waals surface area contributed by atoms with Crippen molar-refractivity contribution in [1.29, 1.82) is 0 Å². The molecule has 4 aromatic rings. The number of amides is 2. The molecule has 1 aliphatic heterocycles. The molecule has 4 aromatic carbocycles. The minimum absolute atomic E-state index is 0.272. The summed E-state index contributed by atoms with van der Waals surface area (Å²) in [6, 6.07) is 19.3. The van der Waals surface area contributed by atoms with Crippen LogP contribution in [0.25, 0.3) is 21.5 Å². The molecule has 2 amide bonds. The van der Waals surface area contributed by atoms with E-state index in [9.17, 15) is 14.0 Å². The number of carbonyl (C=O) groups excluding carboxylic acids is 2. The van der Waals surface area contributed by atoms with Crippen molar-refractivity contribution in [2.75, 3.05) is 27.2 Å². The number of fused-ring (bicyclic) bond motifs is 2. The number of hydrogen-bond donors (Lipinski definition) is 0.